The van der Waals surface area contributed by atoms with E-state index in [0.29, 0.717) is 0 Å². The molecule has 0 amide bonds. The standard InChI is InChI=1S/C10H15N3O5/c1-11-5-3-13(10(17)12-9(5)16)8-2-6(15)7(4-14)18-8/h3,6-8,11,14-15H,2,4H2,1H3,(H,12,16,17)/t6-,7+,8-/m1/s1. The number of rotatable bonds is 3. The smallest absolute Gasteiger partial charge is 0.330 e. The molecule has 18 heavy (non-hydrogen) atoms. The lowest BCUT2D eigenvalue weighted by Crippen LogP contribution is -2.33. The number of anilines is 1. The van der Waals surface area contributed by atoms with Gasteiger partial charge in [0.25, 0.3) is 5.56 Å². The van der Waals surface area contributed by atoms with Crippen molar-refractivity contribution in [3.8, 4) is 0 Å². The Hall–Kier alpha value is -1.64. The summed E-state index contributed by atoms with van der Waals surface area (Å²) in [4.78, 5) is 25.2. The summed E-state index contributed by atoms with van der Waals surface area (Å²) in [5.74, 6) is 0. The van der Waals surface area contributed by atoms with Crippen molar-refractivity contribution in [3.05, 3.63) is 27.0 Å². The second kappa shape index (κ2) is 4.92. The lowest BCUT2D eigenvalue weighted by molar-refractivity contribution is -0.0458. The highest BCUT2D eigenvalue weighted by molar-refractivity contribution is 5.36. The average Bonchev–Trinajstić information content (AvgIpc) is 2.70. The predicted molar refractivity (Wildman–Crippen MR) is 62.5 cm³/mol. The largest absolute Gasteiger partial charge is 0.394 e. The van der Waals surface area contributed by atoms with Gasteiger partial charge < -0.3 is 20.3 Å². The minimum Gasteiger partial charge on any atom is -0.394 e. The summed E-state index contributed by atoms with van der Waals surface area (Å²) in [6, 6.07) is 0. The Labute approximate surface area is 102 Å². The van der Waals surface area contributed by atoms with Crippen molar-refractivity contribution in [2.24, 2.45) is 0 Å². The predicted octanol–water partition coefficient (Wildman–Crippen LogP) is -1.78. The normalized spacial score (nSPS) is 27.4. The molecule has 0 aromatic carbocycles. The zero-order chi connectivity index (χ0) is 13.3. The van der Waals surface area contributed by atoms with Crippen molar-refractivity contribution in [3.63, 3.8) is 0 Å². The maximum Gasteiger partial charge on any atom is 0.330 e. The number of aliphatic hydroxyl groups excluding tert-OH is 2. The van der Waals surface area contributed by atoms with Gasteiger partial charge in [-0.2, -0.15) is 0 Å². The third-order valence-electron chi connectivity index (χ3n) is 2.93. The van der Waals surface area contributed by atoms with Crippen molar-refractivity contribution >= 4 is 5.69 Å². The van der Waals surface area contributed by atoms with Crippen LogP contribution in [0, 0.1) is 0 Å². The molecule has 1 aromatic heterocycles. The second-order valence-electron chi connectivity index (χ2n) is 4.07. The molecule has 1 aromatic rings. The molecule has 0 unspecified atom stereocenters. The number of aliphatic hydroxyl groups is 2. The van der Waals surface area contributed by atoms with E-state index < -0.39 is 29.7 Å². The fourth-order valence-corrected chi connectivity index (χ4v) is 1.93. The van der Waals surface area contributed by atoms with Crippen LogP contribution in [0.3, 0.4) is 0 Å². The van der Waals surface area contributed by atoms with Gasteiger partial charge in [-0.25, -0.2) is 4.79 Å². The zero-order valence-corrected chi connectivity index (χ0v) is 9.79. The number of nitrogens with zero attached hydrogens (tertiary/aromatic N) is 1. The molecule has 8 nitrogen and oxygen atoms in total. The number of nitrogens with one attached hydrogen (secondary N) is 2. The van der Waals surface area contributed by atoms with Crippen LogP contribution in [0.5, 0.6) is 0 Å². The summed E-state index contributed by atoms with van der Waals surface area (Å²) < 4.78 is 6.53. The summed E-state index contributed by atoms with van der Waals surface area (Å²) in [6.45, 7) is -0.325. The van der Waals surface area contributed by atoms with Gasteiger partial charge in [0.2, 0.25) is 0 Å². The number of hydrogen-bond acceptors (Lipinski definition) is 6. The monoisotopic (exact) mass is 257 g/mol. The topological polar surface area (TPSA) is 117 Å². The molecule has 2 rings (SSSR count). The molecule has 1 aliphatic rings. The van der Waals surface area contributed by atoms with Crippen molar-refractivity contribution in [1.29, 1.82) is 0 Å². The summed E-state index contributed by atoms with van der Waals surface area (Å²) in [6.07, 6.45) is -0.740. The van der Waals surface area contributed by atoms with Gasteiger partial charge in [0, 0.05) is 19.7 Å². The van der Waals surface area contributed by atoms with Crippen LogP contribution in [-0.2, 0) is 4.74 Å². The molecule has 0 aliphatic carbocycles. The maximum absolute atomic E-state index is 11.7. The van der Waals surface area contributed by atoms with E-state index in [-0.39, 0.29) is 18.7 Å². The fourth-order valence-electron chi connectivity index (χ4n) is 1.93. The first-order valence-electron chi connectivity index (χ1n) is 5.54. The van der Waals surface area contributed by atoms with Crippen LogP contribution in [-0.4, -0.2) is 45.6 Å². The van der Waals surface area contributed by atoms with Crippen LogP contribution in [0.25, 0.3) is 0 Å². The maximum atomic E-state index is 11.7. The van der Waals surface area contributed by atoms with Crippen LogP contribution in [0.4, 0.5) is 5.69 Å². The third kappa shape index (κ3) is 2.17. The molecule has 8 heteroatoms. The Bertz CT molecular complexity index is 537. The molecule has 0 radical (unpaired) electrons. The fraction of sp³-hybridized carbons (Fsp3) is 0.600. The highest BCUT2D eigenvalue weighted by Crippen LogP contribution is 2.27. The molecular formula is C10H15N3O5. The number of ether oxygens (including phenoxy) is 1. The quantitative estimate of drug-likeness (QED) is 0.508. The van der Waals surface area contributed by atoms with E-state index in [4.69, 9.17) is 9.84 Å². The lowest BCUT2D eigenvalue weighted by atomic mass is 10.2. The molecule has 0 spiro atoms. The minimum atomic E-state index is -0.836. The highest BCUT2D eigenvalue weighted by atomic mass is 16.5. The summed E-state index contributed by atoms with van der Waals surface area (Å²) in [5.41, 5.74) is -0.911. The molecule has 0 saturated carbocycles. The molecule has 1 saturated heterocycles. The number of hydrogen-bond donors (Lipinski definition) is 4. The Balaban J connectivity index is 2.35. The first-order chi connectivity index (χ1) is 8.56. The van der Waals surface area contributed by atoms with Gasteiger partial charge >= 0.3 is 5.69 Å². The Morgan fingerprint density at radius 1 is 1.61 bits per heavy atom. The minimum absolute atomic E-state index is 0.181. The summed E-state index contributed by atoms with van der Waals surface area (Å²) in [5, 5.41) is 21.2. The molecule has 100 valence electrons. The van der Waals surface area contributed by atoms with Crippen LogP contribution < -0.4 is 16.6 Å². The first kappa shape index (κ1) is 12.8. The van der Waals surface area contributed by atoms with Crippen molar-refractivity contribution < 1.29 is 14.9 Å². The lowest BCUT2D eigenvalue weighted by Gasteiger charge is -2.15. The number of aromatic nitrogens is 2. The first-order valence-corrected chi connectivity index (χ1v) is 5.54. The SMILES string of the molecule is CNc1cn([C@H]2C[C@@H](O)[C@H](CO)O2)c(=O)[nH]c1=O. The molecule has 0 bridgehead atoms. The van der Waals surface area contributed by atoms with E-state index in [1.807, 2.05) is 0 Å². The van der Waals surface area contributed by atoms with Crippen LogP contribution >= 0.6 is 0 Å². The van der Waals surface area contributed by atoms with Gasteiger partial charge in [-0.05, 0) is 0 Å². The molecule has 3 atom stereocenters. The number of aromatic amines is 1. The van der Waals surface area contributed by atoms with Crippen molar-refractivity contribution in [1.82, 2.24) is 9.55 Å². The Morgan fingerprint density at radius 2 is 2.33 bits per heavy atom. The van der Waals surface area contributed by atoms with Crippen LogP contribution in [0.2, 0.25) is 0 Å². The second-order valence-corrected chi connectivity index (χ2v) is 4.07. The summed E-state index contributed by atoms with van der Waals surface area (Å²) >= 11 is 0. The highest BCUT2D eigenvalue weighted by Gasteiger charge is 2.35. The average molecular weight is 257 g/mol. The van der Waals surface area contributed by atoms with Gasteiger partial charge in [-0.15, -0.1) is 0 Å². The van der Waals surface area contributed by atoms with E-state index in [1.165, 1.54) is 10.8 Å². The molecular weight excluding hydrogens is 242 g/mol. The van der Waals surface area contributed by atoms with Gasteiger partial charge in [0.1, 0.15) is 18.0 Å². The zero-order valence-electron chi connectivity index (χ0n) is 9.79. The van der Waals surface area contributed by atoms with Gasteiger partial charge in [-0.3, -0.25) is 14.3 Å². The summed E-state index contributed by atoms with van der Waals surface area (Å²) in [7, 11) is 1.56. The van der Waals surface area contributed by atoms with E-state index in [0.717, 1.165) is 0 Å². The molecule has 1 fully saturated rings. The van der Waals surface area contributed by atoms with Gasteiger partial charge in [-0.1, -0.05) is 0 Å². The molecule has 4 N–H and O–H groups in total. The Morgan fingerprint density at radius 3 is 2.89 bits per heavy atom. The van der Waals surface area contributed by atoms with Crippen LogP contribution in [0.1, 0.15) is 12.6 Å². The van der Waals surface area contributed by atoms with E-state index in [9.17, 15) is 14.7 Å². The van der Waals surface area contributed by atoms with Crippen molar-refractivity contribution in [2.75, 3.05) is 19.0 Å². The Kier molecular flexibility index (Phi) is 3.50. The van der Waals surface area contributed by atoms with Gasteiger partial charge in [0.05, 0.1) is 12.7 Å². The van der Waals surface area contributed by atoms with E-state index in [1.54, 1.807) is 7.05 Å². The molecule has 2 heterocycles. The van der Waals surface area contributed by atoms with E-state index >= 15 is 0 Å². The van der Waals surface area contributed by atoms with E-state index in [2.05, 4.69) is 10.3 Å². The third-order valence-corrected chi connectivity index (χ3v) is 2.93. The number of H-pyrrole nitrogens is 1. The van der Waals surface area contributed by atoms with Crippen LogP contribution in [0.15, 0.2) is 15.8 Å². The molecule has 1 aliphatic heterocycles. The van der Waals surface area contributed by atoms with Crippen molar-refractivity contribution in [2.45, 2.75) is 24.9 Å². The van der Waals surface area contributed by atoms with Gasteiger partial charge in [0.15, 0.2) is 0 Å².